The average molecular weight is 221 g/mol. The topological polar surface area (TPSA) is 51.0 Å². The molecule has 88 valence electrons. The van der Waals surface area contributed by atoms with E-state index in [4.69, 9.17) is 4.52 Å². The third kappa shape index (κ3) is 1.86. The molecule has 2 aliphatic carbocycles. The first-order valence-corrected chi connectivity index (χ1v) is 6.39. The molecule has 2 unspecified atom stereocenters. The van der Waals surface area contributed by atoms with E-state index in [0.29, 0.717) is 17.9 Å². The number of likely N-dealkylation sites (N-methyl/N-ethyl adjacent to an activating group) is 1. The van der Waals surface area contributed by atoms with E-state index < -0.39 is 0 Å². The lowest BCUT2D eigenvalue weighted by atomic mass is 9.84. The van der Waals surface area contributed by atoms with E-state index in [9.17, 15) is 0 Å². The van der Waals surface area contributed by atoms with Gasteiger partial charge in [0.15, 0.2) is 5.82 Å². The van der Waals surface area contributed by atoms with Gasteiger partial charge in [-0.25, -0.2) is 0 Å². The van der Waals surface area contributed by atoms with Crippen molar-refractivity contribution in [2.24, 2.45) is 0 Å². The van der Waals surface area contributed by atoms with Gasteiger partial charge in [0.25, 0.3) is 0 Å². The molecule has 4 nitrogen and oxygen atoms in total. The molecule has 1 heterocycles. The Kier molecular flexibility index (Phi) is 2.67. The minimum atomic E-state index is 0.429. The summed E-state index contributed by atoms with van der Waals surface area (Å²) in [5.74, 6) is 2.82. The minimum Gasteiger partial charge on any atom is -0.339 e. The van der Waals surface area contributed by atoms with Crippen molar-refractivity contribution in [1.82, 2.24) is 15.5 Å². The van der Waals surface area contributed by atoms with E-state index in [-0.39, 0.29) is 0 Å². The number of nitrogens with one attached hydrogen (secondary N) is 1. The Labute approximate surface area is 95.8 Å². The van der Waals surface area contributed by atoms with Crippen LogP contribution in [0.1, 0.15) is 62.1 Å². The zero-order valence-electron chi connectivity index (χ0n) is 9.78. The summed E-state index contributed by atoms with van der Waals surface area (Å²) >= 11 is 0. The van der Waals surface area contributed by atoms with Crippen LogP contribution in [0.15, 0.2) is 4.52 Å². The number of aromatic nitrogens is 2. The monoisotopic (exact) mass is 221 g/mol. The molecule has 0 aromatic carbocycles. The fourth-order valence-electron chi connectivity index (χ4n) is 2.68. The van der Waals surface area contributed by atoms with Crippen molar-refractivity contribution >= 4 is 0 Å². The van der Waals surface area contributed by atoms with Gasteiger partial charge >= 0.3 is 0 Å². The lowest BCUT2D eigenvalue weighted by molar-refractivity contribution is 0.269. The SMILES string of the molecule is CNC1CCCCC1c1nc(C2CC2)no1. The van der Waals surface area contributed by atoms with Crippen LogP contribution in [-0.4, -0.2) is 23.2 Å². The number of hydrogen-bond acceptors (Lipinski definition) is 4. The molecule has 0 spiro atoms. The number of nitrogens with zero attached hydrogens (tertiary/aromatic N) is 2. The van der Waals surface area contributed by atoms with Crippen molar-refractivity contribution in [3.8, 4) is 0 Å². The average Bonchev–Trinajstić information content (AvgIpc) is 3.07. The van der Waals surface area contributed by atoms with E-state index >= 15 is 0 Å². The van der Waals surface area contributed by atoms with Gasteiger partial charge in [-0.05, 0) is 32.7 Å². The first-order chi connectivity index (χ1) is 7.88. The Morgan fingerprint density at radius 1 is 1.19 bits per heavy atom. The van der Waals surface area contributed by atoms with Crippen LogP contribution in [0.3, 0.4) is 0 Å². The molecular formula is C12H19N3O. The molecule has 16 heavy (non-hydrogen) atoms. The van der Waals surface area contributed by atoms with Crippen LogP contribution >= 0.6 is 0 Å². The van der Waals surface area contributed by atoms with Gasteiger partial charge in [-0.15, -0.1) is 0 Å². The standard InChI is InChI=1S/C12H19N3O/c1-13-10-5-3-2-4-9(10)12-14-11(15-16-12)8-6-7-8/h8-10,13H,2-7H2,1H3. The second-order valence-electron chi connectivity index (χ2n) is 5.05. The van der Waals surface area contributed by atoms with Crippen LogP contribution in [0.4, 0.5) is 0 Å². The number of hydrogen-bond donors (Lipinski definition) is 1. The zero-order valence-corrected chi connectivity index (χ0v) is 9.78. The highest BCUT2D eigenvalue weighted by molar-refractivity contribution is 5.07. The zero-order chi connectivity index (χ0) is 11.0. The number of rotatable bonds is 3. The summed E-state index contributed by atoms with van der Waals surface area (Å²) in [5.41, 5.74) is 0. The Hall–Kier alpha value is -0.900. The normalized spacial score (nSPS) is 30.6. The van der Waals surface area contributed by atoms with Crippen LogP contribution in [0, 0.1) is 0 Å². The quantitative estimate of drug-likeness (QED) is 0.850. The maximum absolute atomic E-state index is 5.44. The third-order valence-electron chi connectivity index (χ3n) is 3.85. The molecule has 2 saturated carbocycles. The lowest BCUT2D eigenvalue weighted by Gasteiger charge is -2.28. The Bertz CT molecular complexity index is 359. The summed E-state index contributed by atoms with van der Waals surface area (Å²) in [6, 6.07) is 0.515. The minimum absolute atomic E-state index is 0.429. The van der Waals surface area contributed by atoms with Crippen LogP contribution in [0.2, 0.25) is 0 Å². The summed E-state index contributed by atoms with van der Waals surface area (Å²) in [6.45, 7) is 0. The van der Waals surface area contributed by atoms with Gasteiger partial charge in [0.1, 0.15) is 0 Å². The largest absolute Gasteiger partial charge is 0.339 e. The Morgan fingerprint density at radius 2 is 2.00 bits per heavy atom. The van der Waals surface area contributed by atoms with Gasteiger partial charge in [0.2, 0.25) is 5.89 Å². The molecular weight excluding hydrogens is 202 g/mol. The van der Waals surface area contributed by atoms with Gasteiger partial charge in [0, 0.05) is 12.0 Å². The first kappa shape index (κ1) is 10.3. The molecule has 4 heteroatoms. The molecule has 0 aliphatic heterocycles. The molecule has 0 saturated heterocycles. The van der Waals surface area contributed by atoms with Gasteiger partial charge in [-0.2, -0.15) is 4.98 Å². The van der Waals surface area contributed by atoms with Crippen molar-refractivity contribution in [1.29, 1.82) is 0 Å². The second-order valence-corrected chi connectivity index (χ2v) is 5.05. The lowest BCUT2D eigenvalue weighted by Crippen LogP contribution is -2.34. The maximum atomic E-state index is 5.44. The molecule has 0 amide bonds. The molecule has 0 bridgehead atoms. The summed E-state index contributed by atoms with van der Waals surface area (Å²) in [5, 5.41) is 7.49. The smallest absolute Gasteiger partial charge is 0.231 e. The highest BCUT2D eigenvalue weighted by Gasteiger charge is 2.33. The van der Waals surface area contributed by atoms with Gasteiger partial charge in [0.05, 0.1) is 5.92 Å². The van der Waals surface area contributed by atoms with E-state index in [1.54, 1.807) is 0 Å². The third-order valence-corrected chi connectivity index (χ3v) is 3.85. The van der Waals surface area contributed by atoms with Crippen molar-refractivity contribution in [2.45, 2.75) is 56.4 Å². The van der Waals surface area contributed by atoms with Crippen LogP contribution < -0.4 is 5.32 Å². The molecule has 1 aromatic heterocycles. The molecule has 1 aromatic rings. The molecule has 1 N–H and O–H groups in total. The van der Waals surface area contributed by atoms with Crippen LogP contribution in [-0.2, 0) is 0 Å². The second kappa shape index (κ2) is 4.17. The molecule has 2 fully saturated rings. The van der Waals surface area contributed by atoms with Gasteiger partial charge in [-0.3, -0.25) is 0 Å². The van der Waals surface area contributed by atoms with Crippen molar-refractivity contribution < 1.29 is 4.52 Å². The Morgan fingerprint density at radius 3 is 2.75 bits per heavy atom. The van der Waals surface area contributed by atoms with E-state index in [2.05, 4.69) is 15.5 Å². The molecule has 0 radical (unpaired) electrons. The Balaban J connectivity index is 1.77. The summed E-state index contributed by atoms with van der Waals surface area (Å²) < 4.78 is 5.44. The van der Waals surface area contributed by atoms with E-state index in [1.807, 2.05) is 7.05 Å². The maximum Gasteiger partial charge on any atom is 0.231 e. The predicted octanol–water partition coefficient (Wildman–Crippen LogP) is 2.19. The highest BCUT2D eigenvalue weighted by Crippen LogP contribution is 2.39. The summed E-state index contributed by atoms with van der Waals surface area (Å²) in [4.78, 5) is 4.58. The summed E-state index contributed by atoms with van der Waals surface area (Å²) in [7, 11) is 2.03. The molecule has 3 rings (SSSR count). The van der Waals surface area contributed by atoms with E-state index in [1.165, 1.54) is 38.5 Å². The predicted molar refractivity (Wildman–Crippen MR) is 60.3 cm³/mol. The van der Waals surface area contributed by atoms with Crippen molar-refractivity contribution in [3.05, 3.63) is 11.7 Å². The van der Waals surface area contributed by atoms with Crippen LogP contribution in [0.5, 0.6) is 0 Å². The van der Waals surface area contributed by atoms with Gasteiger partial charge < -0.3 is 9.84 Å². The summed E-state index contributed by atoms with van der Waals surface area (Å²) in [6.07, 6.45) is 7.47. The van der Waals surface area contributed by atoms with E-state index in [0.717, 1.165) is 11.7 Å². The highest BCUT2D eigenvalue weighted by atomic mass is 16.5. The fraction of sp³-hybridized carbons (Fsp3) is 0.833. The fourth-order valence-corrected chi connectivity index (χ4v) is 2.68. The molecule has 2 aliphatic rings. The van der Waals surface area contributed by atoms with Crippen molar-refractivity contribution in [2.75, 3.05) is 7.05 Å². The molecule has 2 atom stereocenters. The van der Waals surface area contributed by atoms with Crippen LogP contribution in [0.25, 0.3) is 0 Å². The van der Waals surface area contributed by atoms with Gasteiger partial charge in [-0.1, -0.05) is 18.0 Å². The first-order valence-electron chi connectivity index (χ1n) is 6.39. The van der Waals surface area contributed by atoms with Crippen molar-refractivity contribution in [3.63, 3.8) is 0 Å².